The Morgan fingerprint density at radius 2 is 1.56 bits per heavy atom. The van der Waals surface area contributed by atoms with Gasteiger partial charge in [0.05, 0.1) is 45.2 Å². The van der Waals surface area contributed by atoms with Gasteiger partial charge >= 0.3 is 11.9 Å². The molecule has 1 unspecified atom stereocenters. The predicted molar refractivity (Wildman–Crippen MR) is 140 cm³/mol. The highest BCUT2D eigenvalue weighted by Gasteiger charge is 2.40. The Balaban J connectivity index is 2.05. The van der Waals surface area contributed by atoms with Gasteiger partial charge in [-0.15, -0.1) is 11.3 Å². The lowest BCUT2D eigenvalue weighted by Gasteiger charge is -2.26. The van der Waals surface area contributed by atoms with E-state index in [0.717, 1.165) is 23.0 Å². The lowest BCUT2D eigenvalue weighted by molar-refractivity contribution is -0.385. The highest BCUT2D eigenvalue weighted by molar-refractivity contribution is 7.07. The van der Waals surface area contributed by atoms with Crippen molar-refractivity contribution in [3.05, 3.63) is 105 Å². The largest absolute Gasteiger partial charge is 0.466 e. The lowest BCUT2D eigenvalue weighted by Crippen LogP contribution is -2.41. The maximum atomic E-state index is 13.5. The molecule has 200 valence electrons. The molecular weight excluding hydrogens is 532 g/mol. The van der Waals surface area contributed by atoms with E-state index in [1.54, 1.807) is 6.92 Å². The number of fused-ring (bicyclic) bond motifs is 1. The first kappa shape index (κ1) is 26.9. The van der Waals surface area contributed by atoms with E-state index in [4.69, 9.17) is 15.2 Å². The van der Waals surface area contributed by atoms with Crippen LogP contribution in [0.15, 0.2) is 58.9 Å². The van der Waals surface area contributed by atoms with Gasteiger partial charge in [0.25, 0.3) is 16.9 Å². The molecule has 4 rings (SSSR count). The summed E-state index contributed by atoms with van der Waals surface area (Å²) in [5.74, 6) is -3.18. The first-order chi connectivity index (χ1) is 18.6. The fourth-order valence-corrected chi connectivity index (χ4v) is 5.29. The van der Waals surface area contributed by atoms with Gasteiger partial charge in [-0.25, -0.2) is 9.59 Å². The van der Waals surface area contributed by atoms with E-state index >= 15 is 0 Å². The van der Waals surface area contributed by atoms with E-state index in [-0.39, 0.29) is 44.1 Å². The number of nitro benzene ring substituents is 2. The molecule has 0 saturated carbocycles. The van der Waals surface area contributed by atoms with Crippen LogP contribution < -0.4 is 20.5 Å². The molecule has 0 amide bonds. The molecule has 2 N–H and O–H groups in total. The van der Waals surface area contributed by atoms with Crippen molar-refractivity contribution in [1.29, 1.82) is 0 Å². The summed E-state index contributed by atoms with van der Waals surface area (Å²) in [5, 5.41) is 22.1. The molecule has 14 heteroatoms. The van der Waals surface area contributed by atoms with Gasteiger partial charge in [-0.1, -0.05) is 12.1 Å². The number of hydrogen-bond acceptors (Lipinski definition) is 11. The molecule has 0 saturated heterocycles. The van der Waals surface area contributed by atoms with Gasteiger partial charge in [0.1, 0.15) is 10.5 Å². The summed E-state index contributed by atoms with van der Waals surface area (Å²) in [6, 6.07) is 10.7. The van der Waals surface area contributed by atoms with Crippen molar-refractivity contribution < 1.29 is 28.9 Å². The molecule has 0 radical (unpaired) electrons. The summed E-state index contributed by atoms with van der Waals surface area (Å²) in [6.45, 7) is 1.55. The van der Waals surface area contributed by atoms with Crippen molar-refractivity contribution in [3.8, 4) is 0 Å². The minimum Gasteiger partial charge on any atom is -0.466 e. The van der Waals surface area contributed by atoms with E-state index in [1.165, 1.54) is 54.6 Å². The Morgan fingerprint density at radius 1 is 1.00 bits per heavy atom. The standard InChI is InChI=1S/C25H20N4O9S/c1-3-38-25(32)19-18(14-6-10-16(11-7-14)29(35)36)20(24(31)37-2)23-27(21(19)26)22(30)17(39-23)12-13-4-8-15(9-5-13)28(33)34/h4-12,18H,3,26H2,1-2H3/b17-12-. The summed E-state index contributed by atoms with van der Waals surface area (Å²) >= 11 is 0.905. The van der Waals surface area contributed by atoms with E-state index in [1.807, 2.05) is 0 Å². The van der Waals surface area contributed by atoms with Crippen LogP contribution >= 0.6 is 11.3 Å². The first-order valence-corrected chi connectivity index (χ1v) is 12.1. The van der Waals surface area contributed by atoms with Crippen LogP contribution in [0.25, 0.3) is 17.5 Å². The lowest BCUT2D eigenvalue weighted by atomic mass is 9.83. The molecule has 0 bridgehead atoms. The number of thiazole rings is 1. The second-order valence-electron chi connectivity index (χ2n) is 8.11. The number of rotatable bonds is 7. The van der Waals surface area contributed by atoms with Crippen molar-refractivity contribution in [3.63, 3.8) is 0 Å². The van der Waals surface area contributed by atoms with E-state index < -0.39 is 33.3 Å². The Kier molecular flexibility index (Phi) is 7.40. The zero-order chi connectivity index (χ0) is 28.4. The van der Waals surface area contributed by atoms with E-state index in [9.17, 15) is 34.6 Å². The summed E-state index contributed by atoms with van der Waals surface area (Å²) in [6.07, 6.45) is 1.47. The molecule has 0 spiro atoms. The fourth-order valence-electron chi connectivity index (χ4n) is 4.13. The summed E-state index contributed by atoms with van der Waals surface area (Å²) in [7, 11) is 1.13. The summed E-state index contributed by atoms with van der Waals surface area (Å²) < 4.78 is 11.4. The quantitative estimate of drug-likeness (QED) is 0.255. The normalized spacial score (nSPS) is 15.1. The number of aromatic nitrogens is 1. The topological polar surface area (TPSA) is 187 Å². The summed E-state index contributed by atoms with van der Waals surface area (Å²) in [4.78, 5) is 60.7. The number of benzene rings is 2. The number of nitrogens with zero attached hydrogens (tertiary/aromatic N) is 3. The highest BCUT2D eigenvalue weighted by Crippen LogP contribution is 2.38. The molecule has 13 nitrogen and oxygen atoms in total. The van der Waals surface area contributed by atoms with Crippen molar-refractivity contribution in [2.75, 3.05) is 13.7 Å². The van der Waals surface area contributed by atoms with Gasteiger partial charge in [-0.05, 0) is 36.3 Å². The van der Waals surface area contributed by atoms with Crippen LogP contribution in [-0.4, -0.2) is 40.1 Å². The average Bonchev–Trinajstić information content (AvgIpc) is 3.24. The Morgan fingerprint density at radius 3 is 2.08 bits per heavy atom. The molecule has 39 heavy (non-hydrogen) atoms. The van der Waals surface area contributed by atoms with Crippen LogP contribution in [0, 0.1) is 20.2 Å². The molecule has 3 aromatic rings. The molecule has 0 aliphatic carbocycles. The zero-order valence-corrected chi connectivity index (χ0v) is 21.3. The molecule has 0 fully saturated rings. The Labute approximate surface area is 223 Å². The smallest absolute Gasteiger partial charge is 0.338 e. The van der Waals surface area contributed by atoms with Gasteiger partial charge < -0.3 is 15.2 Å². The minimum atomic E-state index is -1.16. The maximum absolute atomic E-state index is 13.5. The number of methoxy groups -OCH3 is 1. The van der Waals surface area contributed by atoms with Gasteiger partial charge in [-0.3, -0.25) is 29.6 Å². The predicted octanol–water partition coefficient (Wildman–Crippen LogP) is 1.37. The molecule has 2 aromatic carbocycles. The number of ether oxygens (including phenoxy) is 2. The van der Waals surface area contributed by atoms with Crippen molar-refractivity contribution in [2.45, 2.75) is 12.8 Å². The molecule has 1 aliphatic rings. The van der Waals surface area contributed by atoms with Crippen LogP contribution in [0.3, 0.4) is 0 Å². The third kappa shape index (κ3) is 4.92. The molecular formula is C25H20N4O9S. The second kappa shape index (κ2) is 10.7. The van der Waals surface area contributed by atoms with Crippen LogP contribution in [0.1, 0.15) is 24.0 Å². The fraction of sp³-hybridized carbons (Fsp3) is 0.160. The number of nitro groups is 2. The zero-order valence-electron chi connectivity index (χ0n) is 20.5. The van der Waals surface area contributed by atoms with Crippen LogP contribution in [0.2, 0.25) is 0 Å². The van der Waals surface area contributed by atoms with Crippen molar-refractivity contribution in [2.24, 2.45) is 5.73 Å². The summed E-state index contributed by atoms with van der Waals surface area (Å²) in [5.41, 5.74) is 5.87. The van der Waals surface area contributed by atoms with Crippen LogP contribution in [-0.2, 0) is 19.1 Å². The molecule has 2 heterocycles. The van der Waals surface area contributed by atoms with Crippen molar-refractivity contribution in [1.82, 2.24) is 4.57 Å². The first-order valence-electron chi connectivity index (χ1n) is 11.3. The number of hydrogen-bond donors (Lipinski definition) is 1. The number of carbonyl (C=O) groups excluding carboxylic acids is 2. The van der Waals surface area contributed by atoms with Gasteiger partial charge in [0.15, 0.2) is 0 Å². The van der Waals surface area contributed by atoms with Gasteiger partial charge in [0, 0.05) is 24.3 Å². The maximum Gasteiger partial charge on any atom is 0.338 e. The number of nitrogens with two attached hydrogens (primary N) is 1. The van der Waals surface area contributed by atoms with Crippen LogP contribution in [0.4, 0.5) is 11.4 Å². The monoisotopic (exact) mass is 552 g/mol. The SMILES string of the molecule is CCOC(=O)C1=C(N)n2c(s/c(=C\c3ccc([N+](=O)[O-])cc3)c2=O)=C(C(=O)OC)C1c1ccc([N+](=O)[O-])cc1. The van der Waals surface area contributed by atoms with E-state index in [2.05, 4.69) is 0 Å². The highest BCUT2D eigenvalue weighted by atomic mass is 32.1. The number of carbonyl (C=O) groups is 2. The van der Waals surface area contributed by atoms with Crippen molar-refractivity contribution >= 4 is 52.1 Å². The minimum absolute atomic E-state index is 0.0271. The van der Waals surface area contributed by atoms with Gasteiger partial charge in [0.2, 0.25) is 0 Å². The number of esters is 2. The third-order valence-electron chi connectivity index (χ3n) is 5.89. The molecule has 1 aliphatic heterocycles. The van der Waals surface area contributed by atoms with E-state index in [0.29, 0.717) is 11.1 Å². The second-order valence-corrected chi connectivity index (χ2v) is 9.14. The third-order valence-corrected chi connectivity index (χ3v) is 7.00. The Bertz CT molecular complexity index is 1720. The van der Waals surface area contributed by atoms with Crippen LogP contribution in [0.5, 0.6) is 0 Å². The number of non-ortho nitro benzene ring substituents is 2. The molecule has 1 aromatic heterocycles. The molecule has 1 atom stereocenters. The Hall–Kier alpha value is -5.11. The average molecular weight is 553 g/mol. The van der Waals surface area contributed by atoms with Gasteiger partial charge in [-0.2, -0.15) is 0 Å².